The third kappa shape index (κ3) is 7.41. The lowest BCUT2D eigenvalue weighted by Crippen LogP contribution is -2.71. The van der Waals surface area contributed by atoms with Crippen LogP contribution in [0, 0.1) is 0 Å². The number of halogens is 2. The molecular weight excluding hydrogens is 741 g/mol. The minimum absolute atomic E-state index is 0.00266. The van der Waals surface area contributed by atoms with Gasteiger partial charge in [0.1, 0.15) is 33.7 Å². The zero-order chi connectivity index (χ0) is 36.5. The number of carbonyl (C=O) groups excluding carboxylic acids is 3. The molecule has 0 radical (unpaired) electrons. The molecular formula is C29H32Cl2N7O10S2+. The molecule has 8 N–H and O–H groups in total. The van der Waals surface area contributed by atoms with E-state index in [0.717, 1.165) is 35.1 Å². The summed E-state index contributed by atoms with van der Waals surface area (Å²) >= 11 is 14.3. The second-order valence-corrected chi connectivity index (χ2v) is 14.9. The van der Waals surface area contributed by atoms with Crippen LogP contribution in [0.15, 0.2) is 28.6 Å². The van der Waals surface area contributed by atoms with E-state index in [-0.39, 0.29) is 43.7 Å². The first kappa shape index (κ1) is 37.0. The van der Waals surface area contributed by atoms with E-state index in [9.17, 15) is 39.3 Å². The fourth-order valence-corrected chi connectivity index (χ4v) is 8.46. The number of nitrogen functional groups attached to an aromatic ring is 1. The smallest absolute Gasteiger partial charge is 0.352 e. The van der Waals surface area contributed by atoms with Gasteiger partial charge in [-0.15, -0.1) is 11.8 Å². The summed E-state index contributed by atoms with van der Waals surface area (Å²) in [5.74, 6) is -5.68. The summed E-state index contributed by atoms with van der Waals surface area (Å²) in [6.45, 7) is 3.56. The van der Waals surface area contributed by atoms with Gasteiger partial charge in [-0.3, -0.25) is 19.3 Å². The summed E-state index contributed by atoms with van der Waals surface area (Å²) in [6.07, 6.45) is 0.317. The highest BCUT2D eigenvalue weighted by molar-refractivity contribution is 8.00. The van der Waals surface area contributed by atoms with Crippen LogP contribution in [0.25, 0.3) is 0 Å². The highest BCUT2D eigenvalue weighted by Crippen LogP contribution is 2.42. The standard InChI is InChI=1S/C29H31Cl2N7O10S2/c1-12(27(44)45)48-36-18(17-22(31)50-29(32)35-17)24(42)34-19-25(43)37-20(28(46)47)13(11-49-26(19)37)10-38(7-2-3-8-38)9-6-33-23(41)14-4-5-15(39)21(40)16(14)30/h4-5,12,19,26H,2-3,6-11H2,1H3,(H7-,32,33,34,35,36,39,40,41,42,44,45,46,47)/p+1/t12-,19-,26-/m1/s1. The molecule has 1 aromatic heterocycles. The Bertz CT molecular complexity index is 1810. The molecule has 3 aliphatic rings. The summed E-state index contributed by atoms with van der Waals surface area (Å²) in [7, 11) is 0. The summed E-state index contributed by atoms with van der Waals surface area (Å²) in [5.41, 5.74) is 5.35. The van der Waals surface area contributed by atoms with Gasteiger partial charge >= 0.3 is 11.9 Å². The van der Waals surface area contributed by atoms with Crippen molar-refractivity contribution in [2.45, 2.75) is 37.3 Å². The molecule has 0 saturated carbocycles. The predicted molar refractivity (Wildman–Crippen MR) is 182 cm³/mol. The first-order valence-electron chi connectivity index (χ1n) is 15.1. The number of aromatic nitrogens is 1. The third-order valence-electron chi connectivity index (χ3n) is 8.48. The van der Waals surface area contributed by atoms with E-state index in [4.69, 9.17) is 38.9 Å². The van der Waals surface area contributed by atoms with Gasteiger partial charge in [0.25, 0.3) is 17.7 Å². The molecule has 2 saturated heterocycles. The maximum absolute atomic E-state index is 13.4. The Hall–Kier alpha value is -4.30. The quantitative estimate of drug-likeness (QED) is 0.0501. The second kappa shape index (κ2) is 14.9. The number of carboxylic acids is 2. The molecule has 2 aromatic rings. The summed E-state index contributed by atoms with van der Waals surface area (Å²) < 4.78 is 0.430. The Labute approximate surface area is 302 Å². The summed E-state index contributed by atoms with van der Waals surface area (Å²) in [6, 6.07) is 1.29. The average molecular weight is 774 g/mol. The molecule has 5 rings (SSSR count). The minimum Gasteiger partial charge on any atom is -0.504 e. The number of nitrogens with one attached hydrogen (secondary N) is 2. The number of hydrogen-bond acceptors (Lipinski definition) is 13. The zero-order valence-electron chi connectivity index (χ0n) is 26.2. The van der Waals surface area contributed by atoms with Gasteiger partial charge in [0, 0.05) is 24.2 Å². The third-order valence-corrected chi connectivity index (χ3v) is 11.3. The van der Waals surface area contributed by atoms with Crippen LogP contribution in [0.3, 0.4) is 0 Å². The number of nitrogens with zero attached hydrogens (tertiary/aromatic N) is 4. The summed E-state index contributed by atoms with van der Waals surface area (Å²) in [5, 5.41) is 46.8. The molecule has 3 aliphatic heterocycles. The monoisotopic (exact) mass is 772 g/mol. The van der Waals surface area contributed by atoms with Crippen LogP contribution in [0.4, 0.5) is 5.13 Å². The number of nitrogens with two attached hydrogens (primary N) is 1. The zero-order valence-corrected chi connectivity index (χ0v) is 29.4. The number of fused-ring (bicyclic) bond motifs is 1. The number of phenolic OH excluding ortho intramolecular Hbond substituents is 2. The Morgan fingerprint density at radius 1 is 1.20 bits per heavy atom. The number of aromatic hydroxyl groups is 2. The Morgan fingerprint density at radius 2 is 1.90 bits per heavy atom. The minimum atomic E-state index is -1.44. The molecule has 4 heterocycles. The van der Waals surface area contributed by atoms with Gasteiger partial charge in [-0.2, -0.15) is 0 Å². The lowest BCUT2D eigenvalue weighted by atomic mass is 10.0. The van der Waals surface area contributed by atoms with Crippen LogP contribution in [0.2, 0.25) is 9.36 Å². The number of oxime groups is 1. The van der Waals surface area contributed by atoms with Crippen LogP contribution in [0.1, 0.15) is 35.8 Å². The van der Waals surface area contributed by atoms with Crippen molar-refractivity contribution < 1.29 is 53.7 Å². The Morgan fingerprint density at radius 3 is 2.52 bits per heavy atom. The highest BCUT2D eigenvalue weighted by atomic mass is 35.5. The number of quaternary nitrogens is 1. The van der Waals surface area contributed by atoms with E-state index in [1.807, 2.05) is 0 Å². The number of likely N-dealkylation sites (tertiary alicyclic amines) is 1. The number of carboxylic acid groups (broad SMARTS) is 2. The van der Waals surface area contributed by atoms with Gasteiger partial charge in [0.15, 0.2) is 22.3 Å². The Balaban J connectivity index is 1.30. The number of β-lactam (4-membered cyclic amide) rings is 1. The number of hydrogen-bond donors (Lipinski definition) is 7. The summed E-state index contributed by atoms with van der Waals surface area (Å²) in [4.78, 5) is 73.5. The first-order chi connectivity index (χ1) is 23.6. The van der Waals surface area contributed by atoms with Crippen molar-refractivity contribution in [3.05, 3.63) is 44.0 Å². The molecule has 0 aliphatic carbocycles. The Kier molecular flexibility index (Phi) is 11.0. The molecule has 268 valence electrons. The molecule has 3 atom stereocenters. The van der Waals surface area contributed by atoms with Gasteiger partial charge in [-0.25, -0.2) is 14.6 Å². The van der Waals surface area contributed by atoms with Crippen LogP contribution >= 0.6 is 46.3 Å². The van der Waals surface area contributed by atoms with Gasteiger partial charge in [0.05, 0.1) is 36.8 Å². The fraction of sp³-hybridized carbons (Fsp3) is 0.414. The molecule has 0 unspecified atom stereocenters. The van der Waals surface area contributed by atoms with Crippen molar-refractivity contribution in [3.8, 4) is 11.5 Å². The fourth-order valence-electron chi connectivity index (χ4n) is 5.95. The van der Waals surface area contributed by atoms with E-state index in [0.29, 0.717) is 36.2 Å². The average Bonchev–Trinajstić information content (AvgIpc) is 3.66. The number of phenols is 2. The van der Waals surface area contributed by atoms with E-state index in [1.54, 1.807) is 0 Å². The SMILES string of the molecule is C[C@@H](O/N=C(\C(=O)N[C@@H]1C(=O)N2C(C(=O)O)=C(C[N+]3(CCNC(=O)c4ccc(O)c(O)c4Cl)CCCC3)CS[C@H]12)c1nc(N)sc1Cl)C(=O)O. The largest absolute Gasteiger partial charge is 0.504 e. The van der Waals surface area contributed by atoms with Gasteiger partial charge < -0.3 is 46.1 Å². The van der Waals surface area contributed by atoms with Crippen molar-refractivity contribution in [1.29, 1.82) is 0 Å². The van der Waals surface area contributed by atoms with Crippen molar-refractivity contribution in [2.24, 2.45) is 5.16 Å². The van der Waals surface area contributed by atoms with Crippen molar-refractivity contribution in [1.82, 2.24) is 20.5 Å². The van der Waals surface area contributed by atoms with Crippen molar-refractivity contribution >= 4 is 86.8 Å². The van der Waals surface area contributed by atoms with E-state index in [2.05, 4.69) is 20.8 Å². The van der Waals surface area contributed by atoms with Crippen molar-refractivity contribution in [3.63, 3.8) is 0 Å². The number of rotatable bonds is 13. The topological polar surface area (TPSA) is 254 Å². The van der Waals surface area contributed by atoms with Crippen LogP contribution in [-0.2, 0) is 24.0 Å². The number of thioether (sulfide) groups is 1. The van der Waals surface area contributed by atoms with Crippen LogP contribution in [0.5, 0.6) is 11.5 Å². The molecule has 3 amide bonds. The predicted octanol–water partition coefficient (Wildman–Crippen LogP) is 1.42. The molecule has 50 heavy (non-hydrogen) atoms. The van der Waals surface area contributed by atoms with Gasteiger partial charge in [-0.05, 0) is 19.1 Å². The molecule has 2 fully saturated rings. The molecule has 21 heteroatoms. The molecule has 0 spiro atoms. The number of benzene rings is 1. The first-order valence-corrected chi connectivity index (χ1v) is 17.7. The van der Waals surface area contributed by atoms with E-state index < -0.39 is 64.4 Å². The molecule has 1 aromatic carbocycles. The number of amides is 3. The number of anilines is 1. The second-order valence-electron chi connectivity index (χ2n) is 11.7. The normalized spacial score (nSPS) is 20.5. The number of carbonyl (C=O) groups is 5. The van der Waals surface area contributed by atoms with Crippen LogP contribution in [-0.4, -0.2) is 126 Å². The highest BCUT2D eigenvalue weighted by Gasteiger charge is 2.55. The molecule has 17 nitrogen and oxygen atoms in total. The van der Waals surface area contributed by atoms with E-state index in [1.165, 1.54) is 24.8 Å². The van der Waals surface area contributed by atoms with Crippen LogP contribution < -0.4 is 16.4 Å². The lowest BCUT2D eigenvalue weighted by molar-refractivity contribution is -0.911. The maximum atomic E-state index is 13.4. The number of aliphatic carboxylic acids is 2. The van der Waals surface area contributed by atoms with E-state index >= 15 is 0 Å². The lowest BCUT2D eigenvalue weighted by Gasteiger charge is -2.50. The van der Waals surface area contributed by atoms with Gasteiger partial charge in [0.2, 0.25) is 6.10 Å². The number of thiazole rings is 1. The van der Waals surface area contributed by atoms with Crippen molar-refractivity contribution in [2.75, 3.05) is 44.2 Å². The maximum Gasteiger partial charge on any atom is 0.352 e. The molecule has 0 bridgehead atoms. The van der Waals surface area contributed by atoms with Gasteiger partial charge in [-0.1, -0.05) is 39.7 Å².